The molecule has 1 amide bonds. The molecule has 0 aromatic heterocycles. The summed E-state index contributed by atoms with van der Waals surface area (Å²) in [5.74, 6) is 0.333. The highest BCUT2D eigenvalue weighted by atomic mass is 32.2. The molecule has 0 aliphatic rings. The van der Waals surface area contributed by atoms with Gasteiger partial charge in [-0.15, -0.1) is 0 Å². The Kier molecular flexibility index (Phi) is 6.85. The van der Waals surface area contributed by atoms with Gasteiger partial charge in [0.05, 0.1) is 19.1 Å². The Balaban J connectivity index is 2.04. The highest BCUT2D eigenvalue weighted by Gasteiger charge is 2.20. The van der Waals surface area contributed by atoms with Gasteiger partial charge >= 0.3 is 0 Å². The lowest BCUT2D eigenvalue weighted by Gasteiger charge is -2.24. The number of sulfonamides is 1. The van der Waals surface area contributed by atoms with Crippen molar-refractivity contribution in [2.24, 2.45) is 0 Å². The van der Waals surface area contributed by atoms with Gasteiger partial charge < -0.3 is 10.1 Å². The molecule has 0 unspecified atom stereocenters. The van der Waals surface area contributed by atoms with Gasteiger partial charge in [0.2, 0.25) is 15.9 Å². The van der Waals surface area contributed by atoms with E-state index in [0.29, 0.717) is 17.9 Å². The standard InChI is InChI=1S/C20H26N2O4S/c1-15-11-12-16(2)17(14-15)21-20(23)10-7-13-22(27(4,24)25)18-8-5-6-9-19(18)26-3/h5-6,8-9,11-12,14H,7,10,13H2,1-4H3,(H,21,23). The summed E-state index contributed by atoms with van der Waals surface area (Å²) in [5, 5.41) is 2.89. The van der Waals surface area contributed by atoms with Crippen molar-refractivity contribution in [2.75, 3.05) is 29.5 Å². The molecule has 0 radical (unpaired) electrons. The summed E-state index contributed by atoms with van der Waals surface area (Å²) in [5.41, 5.74) is 3.30. The summed E-state index contributed by atoms with van der Waals surface area (Å²) in [4.78, 5) is 12.3. The molecule has 0 bridgehead atoms. The first kappa shape index (κ1) is 20.8. The minimum atomic E-state index is -3.50. The van der Waals surface area contributed by atoms with Crippen molar-refractivity contribution >= 4 is 27.3 Å². The predicted octanol–water partition coefficient (Wildman–Crippen LogP) is 3.50. The third-order valence-corrected chi connectivity index (χ3v) is 5.37. The predicted molar refractivity (Wildman–Crippen MR) is 109 cm³/mol. The molecule has 27 heavy (non-hydrogen) atoms. The molecule has 2 rings (SSSR count). The number of anilines is 2. The van der Waals surface area contributed by atoms with Crippen molar-refractivity contribution in [3.05, 3.63) is 53.6 Å². The van der Waals surface area contributed by atoms with Crippen LogP contribution < -0.4 is 14.4 Å². The van der Waals surface area contributed by atoms with Crippen molar-refractivity contribution in [3.63, 3.8) is 0 Å². The van der Waals surface area contributed by atoms with Gasteiger partial charge in [-0.05, 0) is 49.6 Å². The van der Waals surface area contributed by atoms with Gasteiger partial charge in [0.15, 0.2) is 0 Å². The molecule has 2 aromatic rings. The molecule has 0 saturated carbocycles. The molecule has 6 nitrogen and oxygen atoms in total. The molecule has 0 fully saturated rings. The van der Waals surface area contributed by atoms with E-state index >= 15 is 0 Å². The number of methoxy groups -OCH3 is 1. The van der Waals surface area contributed by atoms with Gasteiger partial charge in [-0.1, -0.05) is 24.3 Å². The summed E-state index contributed by atoms with van der Waals surface area (Å²) >= 11 is 0. The fourth-order valence-corrected chi connectivity index (χ4v) is 3.74. The Morgan fingerprint density at radius 2 is 1.85 bits per heavy atom. The van der Waals surface area contributed by atoms with Gasteiger partial charge in [-0.2, -0.15) is 0 Å². The number of hydrogen-bond acceptors (Lipinski definition) is 4. The van der Waals surface area contributed by atoms with E-state index in [-0.39, 0.29) is 18.9 Å². The van der Waals surface area contributed by atoms with E-state index in [9.17, 15) is 13.2 Å². The largest absolute Gasteiger partial charge is 0.495 e. The van der Waals surface area contributed by atoms with Crippen LogP contribution in [0.3, 0.4) is 0 Å². The van der Waals surface area contributed by atoms with E-state index in [2.05, 4.69) is 5.32 Å². The van der Waals surface area contributed by atoms with E-state index in [0.717, 1.165) is 23.1 Å². The molecule has 0 atom stereocenters. The molecule has 0 heterocycles. The number of aryl methyl sites for hydroxylation is 2. The second kappa shape index (κ2) is 8.90. The lowest BCUT2D eigenvalue weighted by Crippen LogP contribution is -2.31. The molecule has 0 saturated heterocycles. The lowest BCUT2D eigenvalue weighted by molar-refractivity contribution is -0.116. The highest BCUT2D eigenvalue weighted by molar-refractivity contribution is 7.92. The summed E-state index contributed by atoms with van der Waals surface area (Å²) in [6, 6.07) is 12.8. The average Bonchev–Trinajstić information content (AvgIpc) is 2.61. The number of hydrogen-bond donors (Lipinski definition) is 1. The van der Waals surface area contributed by atoms with Gasteiger partial charge in [-0.25, -0.2) is 8.42 Å². The number of rotatable bonds is 8. The molecular weight excluding hydrogens is 364 g/mol. The summed E-state index contributed by atoms with van der Waals surface area (Å²) < 4.78 is 31.0. The van der Waals surface area contributed by atoms with Crippen LogP contribution in [-0.2, 0) is 14.8 Å². The number of nitrogens with one attached hydrogen (secondary N) is 1. The number of carbonyl (C=O) groups is 1. The van der Waals surface area contributed by atoms with Crippen molar-refractivity contribution in [1.82, 2.24) is 0 Å². The van der Waals surface area contributed by atoms with E-state index in [1.165, 1.54) is 11.4 Å². The Hall–Kier alpha value is -2.54. The van der Waals surface area contributed by atoms with Crippen LogP contribution in [0.15, 0.2) is 42.5 Å². The lowest BCUT2D eigenvalue weighted by atomic mass is 10.1. The molecule has 1 N–H and O–H groups in total. The second-order valence-corrected chi connectivity index (χ2v) is 8.38. The zero-order chi connectivity index (χ0) is 20.0. The Morgan fingerprint density at radius 3 is 2.52 bits per heavy atom. The van der Waals surface area contributed by atoms with Crippen LogP contribution in [0.2, 0.25) is 0 Å². The molecule has 0 spiro atoms. The van der Waals surface area contributed by atoms with Crippen LogP contribution in [0, 0.1) is 13.8 Å². The fraction of sp³-hybridized carbons (Fsp3) is 0.350. The van der Waals surface area contributed by atoms with E-state index in [1.54, 1.807) is 24.3 Å². The number of benzene rings is 2. The SMILES string of the molecule is COc1ccccc1N(CCCC(=O)Nc1cc(C)ccc1C)S(C)(=O)=O. The monoisotopic (exact) mass is 390 g/mol. The minimum absolute atomic E-state index is 0.142. The zero-order valence-corrected chi connectivity index (χ0v) is 17.0. The number of ether oxygens (including phenoxy) is 1. The quantitative estimate of drug-likeness (QED) is 0.749. The summed E-state index contributed by atoms with van der Waals surface area (Å²) in [6.45, 7) is 4.09. The molecule has 7 heteroatoms. The molecule has 2 aromatic carbocycles. The maximum Gasteiger partial charge on any atom is 0.232 e. The maximum atomic E-state index is 12.3. The normalized spacial score (nSPS) is 11.1. The minimum Gasteiger partial charge on any atom is -0.495 e. The van der Waals surface area contributed by atoms with Crippen molar-refractivity contribution < 1.29 is 17.9 Å². The average molecular weight is 391 g/mol. The third kappa shape index (κ3) is 5.72. The van der Waals surface area contributed by atoms with E-state index < -0.39 is 10.0 Å². The van der Waals surface area contributed by atoms with Crippen LogP contribution in [0.4, 0.5) is 11.4 Å². The third-order valence-electron chi connectivity index (χ3n) is 4.19. The van der Waals surface area contributed by atoms with Gasteiger partial charge in [-0.3, -0.25) is 9.10 Å². The Bertz CT molecular complexity index is 910. The maximum absolute atomic E-state index is 12.3. The molecular formula is C20H26N2O4S. The van der Waals surface area contributed by atoms with E-state index in [4.69, 9.17) is 4.74 Å². The van der Waals surface area contributed by atoms with Crippen LogP contribution in [0.25, 0.3) is 0 Å². The van der Waals surface area contributed by atoms with Crippen LogP contribution in [-0.4, -0.2) is 34.2 Å². The first-order valence-electron chi connectivity index (χ1n) is 8.70. The van der Waals surface area contributed by atoms with Crippen molar-refractivity contribution in [2.45, 2.75) is 26.7 Å². The number of nitrogens with zero attached hydrogens (tertiary/aromatic N) is 1. The number of para-hydroxylation sites is 2. The van der Waals surface area contributed by atoms with Crippen molar-refractivity contribution in [1.29, 1.82) is 0 Å². The van der Waals surface area contributed by atoms with Gasteiger partial charge in [0.1, 0.15) is 5.75 Å². The first-order chi connectivity index (χ1) is 12.7. The fourth-order valence-electron chi connectivity index (χ4n) is 2.77. The van der Waals surface area contributed by atoms with Crippen LogP contribution in [0.1, 0.15) is 24.0 Å². The Morgan fingerprint density at radius 1 is 1.15 bits per heavy atom. The molecule has 0 aliphatic carbocycles. The highest BCUT2D eigenvalue weighted by Crippen LogP contribution is 2.29. The van der Waals surface area contributed by atoms with Gasteiger partial charge in [0.25, 0.3) is 0 Å². The number of carbonyl (C=O) groups excluding carboxylic acids is 1. The second-order valence-electron chi connectivity index (χ2n) is 6.48. The number of amides is 1. The van der Waals surface area contributed by atoms with Crippen LogP contribution in [0.5, 0.6) is 5.75 Å². The smallest absolute Gasteiger partial charge is 0.232 e. The topological polar surface area (TPSA) is 75.7 Å². The van der Waals surface area contributed by atoms with E-state index in [1.807, 2.05) is 32.0 Å². The molecule has 0 aliphatic heterocycles. The van der Waals surface area contributed by atoms with Crippen molar-refractivity contribution in [3.8, 4) is 5.75 Å². The summed E-state index contributed by atoms with van der Waals surface area (Å²) in [7, 11) is -2.00. The Labute approximate surface area is 161 Å². The van der Waals surface area contributed by atoms with Gasteiger partial charge in [0, 0.05) is 18.7 Å². The molecule has 146 valence electrons. The first-order valence-corrected chi connectivity index (χ1v) is 10.5. The van der Waals surface area contributed by atoms with Crippen LogP contribution >= 0.6 is 0 Å². The zero-order valence-electron chi connectivity index (χ0n) is 16.2. The summed E-state index contributed by atoms with van der Waals surface area (Å²) in [6.07, 6.45) is 1.76.